The largest absolute Gasteiger partial charge is 0.377 e. The molecule has 1 N–H and O–H groups in total. The Bertz CT molecular complexity index is 663. The van der Waals surface area contributed by atoms with E-state index in [9.17, 15) is 4.79 Å². The Morgan fingerprint density at radius 1 is 1.52 bits per heavy atom. The Labute approximate surface area is 138 Å². The van der Waals surface area contributed by atoms with Crippen LogP contribution >= 0.6 is 11.5 Å². The zero-order chi connectivity index (χ0) is 16.2. The Morgan fingerprint density at radius 3 is 2.96 bits per heavy atom. The van der Waals surface area contributed by atoms with Crippen molar-refractivity contribution in [3.05, 3.63) is 17.7 Å². The van der Waals surface area contributed by atoms with E-state index in [1.165, 1.54) is 11.5 Å². The lowest BCUT2D eigenvalue weighted by Gasteiger charge is -2.30. The number of hydrogen-bond donors (Lipinski definition) is 1. The second-order valence-electron chi connectivity index (χ2n) is 5.50. The molecule has 0 saturated carbocycles. The lowest BCUT2D eigenvalue weighted by molar-refractivity contribution is -0.120. The molecule has 1 fully saturated rings. The summed E-state index contributed by atoms with van der Waals surface area (Å²) in [7, 11) is 1.63. The molecule has 1 saturated heterocycles. The zero-order valence-corrected chi connectivity index (χ0v) is 13.9. The molecule has 3 heterocycles. The lowest BCUT2D eigenvalue weighted by Crippen LogP contribution is -2.38. The van der Waals surface area contributed by atoms with Crippen LogP contribution in [0.15, 0.2) is 10.6 Å². The van der Waals surface area contributed by atoms with Crippen molar-refractivity contribution in [2.75, 3.05) is 30.4 Å². The van der Waals surface area contributed by atoms with Crippen molar-refractivity contribution in [1.82, 2.24) is 14.5 Å². The van der Waals surface area contributed by atoms with Gasteiger partial charge in [0.05, 0.1) is 0 Å². The van der Waals surface area contributed by atoms with Gasteiger partial charge in [-0.3, -0.25) is 4.79 Å². The third kappa shape index (κ3) is 3.85. The summed E-state index contributed by atoms with van der Waals surface area (Å²) in [6, 6.07) is 1.71. The predicted octanol–water partition coefficient (Wildman–Crippen LogP) is 1.84. The van der Waals surface area contributed by atoms with Crippen molar-refractivity contribution in [3.63, 3.8) is 0 Å². The van der Waals surface area contributed by atoms with Crippen molar-refractivity contribution < 1.29 is 14.1 Å². The number of aromatic nitrogens is 3. The van der Waals surface area contributed by atoms with Crippen LogP contribution in [0.1, 0.15) is 24.4 Å². The first-order chi connectivity index (χ1) is 11.2. The molecule has 1 amide bonds. The molecule has 8 nitrogen and oxygen atoms in total. The number of anilines is 2. The van der Waals surface area contributed by atoms with Crippen LogP contribution in [0.3, 0.4) is 0 Å². The number of amides is 1. The Kier molecular flexibility index (Phi) is 4.87. The summed E-state index contributed by atoms with van der Waals surface area (Å²) in [6.07, 6.45) is 1.56. The molecule has 0 spiro atoms. The van der Waals surface area contributed by atoms with Gasteiger partial charge in [-0.15, -0.1) is 0 Å². The van der Waals surface area contributed by atoms with Crippen LogP contribution < -0.4 is 10.2 Å². The van der Waals surface area contributed by atoms with Gasteiger partial charge in [0.25, 0.3) is 0 Å². The van der Waals surface area contributed by atoms with Gasteiger partial charge in [0.15, 0.2) is 11.6 Å². The average Bonchev–Trinajstić information content (AvgIpc) is 3.17. The maximum atomic E-state index is 12.3. The van der Waals surface area contributed by atoms with Gasteiger partial charge in [0.2, 0.25) is 11.0 Å². The Balaban J connectivity index is 1.52. The molecule has 1 aliphatic rings. The summed E-state index contributed by atoms with van der Waals surface area (Å²) in [6.45, 7) is 3.79. The smallest absolute Gasteiger partial charge is 0.228 e. The zero-order valence-electron chi connectivity index (χ0n) is 13.1. The fraction of sp³-hybridized carbons (Fsp3) is 0.571. The van der Waals surface area contributed by atoms with Gasteiger partial charge >= 0.3 is 0 Å². The first kappa shape index (κ1) is 15.9. The van der Waals surface area contributed by atoms with Crippen molar-refractivity contribution in [2.24, 2.45) is 5.92 Å². The number of piperidine rings is 1. The number of nitrogens with one attached hydrogen (secondary N) is 1. The summed E-state index contributed by atoms with van der Waals surface area (Å²) in [5, 5.41) is 7.48. The van der Waals surface area contributed by atoms with Crippen LogP contribution in [-0.2, 0) is 16.1 Å². The fourth-order valence-electron chi connectivity index (χ4n) is 2.55. The van der Waals surface area contributed by atoms with Gasteiger partial charge in [-0.25, -0.2) is 4.98 Å². The second-order valence-corrected chi connectivity index (χ2v) is 6.23. The topological polar surface area (TPSA) is 93.4 Å². The van der Waals surface area contributed by atoms with Gasteiger partial charge in [-0.2, -0.15) is 4.37 Å². The average molecular weight is 337 g/mol. The standard InChI is InChI=1S/C14H19N5O3S/c1-9-7-11(17-22-9)15-13(20)10-3-5-19(6-4-10)14-16-12(8-21-2)18-23-14/h7,10H,3-6,8H2,1-2H3,(H,15,17,20). The highest BCUT2D eigenvalue weighted by atomic mass is 32.1. The molecular formula is C14H19N5O3S. The number of rotatable bonds is 5. The Hall–Kier alpha value is -2.00. The molecule has 0 aliphatic carbocycles. The van der Waals surface area contributed by atoms with E-state index in [-0.39, 0.29) is 11.8 Å². The number of aryl methyl sites for hydroxylation is 1. The van der Waals surface area contributed by atoms with Crippen LogP contribution in [0, 0.1) is 12.8 Å². The molecule has 0 aromatic carbocycles. The van der Waals surface area contributed by atoms with Crippen LogP contribution in [0.2, 0.25) is 0 Å². The maximum Gasteiger partial charge on any atom is 0.228 e. The number of hydrogen-bond acceptors (Lipinski definition) is 8. The van der Waals surface area contributed by atoms with Gasteiger partial charge in [0.1, 0.15) is 12.4 Å². The van der Waals surface area contributed by atoms with E-state index in [0.29, 0.717) is 24.0 Å². The normalized spacial score (nSPS) is 15.8. The predicted molar refractivity (Wildman–Crippen MR) is 85.4 cm³/mol. The van der Waals surface area contributed by atoms with E-state index in [4.69, 9.17) is 9.26 Å². The van der Waals surface area contributed by atoms with Crippen molar-refractivity contribution >= 4 is 28.4 Å². The molecule has 0 unspecified atom stereocenters. The first-order valence-electron chi connectivity index (χ1n) is 7.46. The van der Waals surface area contributed by atoms with E-state index < -0.39 is 0 Å². The molecule has 124 valence electrons. The summed E-state index contributed by atoms with van der Waals surface area (Å²) >= 11 is 1.37. The Morgan fingerprint density at radius 2 is 2.30 bits per heavy atom. The van der Waals surface area contributed by atoms with Crippen molar-refractivity contribution in [2.45, 2.75) is 26.4 Å². The van der Waals surface area contributed by atoms with E-state index in [1.54, 1.807) is 20.1 Å². The highest BCUT2D eigenvalue weighted by Gasteiger charge is 2.27. The highest BCUT2D eigenvalue weighted by Crippen LogP contribution is 2.25. The van der Waals surface area contributed by atoms with Gasteiger partial charge in [-0.1, -0.05) is 5.16 Å². The summed E-state index contributed by atoms with van der Waals surface area (Å²) in [5.74, 6) is 1.83. The third-order valence-corrected chi connectivity index (χ3v) is 4.56. The summed E-state index contributed by atoms with van der Waals surface area (Å²) in [4.78, 5) is 18.9. The molecule has 3 rings (SSSR count). The van der Waals surface area contributed by atoms with Crippen molar-refractivity contribution in [3.8, 4) is 0 Å². The number of ether oxygens (including phenoxy) is 1. The summed E-state index contributed by atoms with van der Waals surface area (Å²) in [5.41, 5.74) is 0. The van der Waals surface area contributed by atoms with Gasteiger partial charge in [-0.05, 0) is 19.8 Å². The van der Waals surface area contributed by atoms with Gasteiger partial charge < -0.3 is 19.5 Å². The van der Waals surface area contributed by atoms with Crippen LogP contribution in [0.25, 0.3) is 0 Å². The molecule has 23 heavy (non-hydrogen) atoms. The molecule has 0 bridgehead atoms. The summed E-state index contributed by atoms with van der Waals surface area (Å²) < 4.78 is 14.2. The SMILES string of the molecule is COCc1nsc(N2CCC(C(=O)Nc3cc(C)on3)CC2)n1. The van der Waals surface area contributed by atoms with Crippen LogP contribution in [0.4, 0.5) is 10.9 Å². The lowest BCUT2D eigenvalue weighted by atomic mass is 9.96. The highest BCUT2D eigenvalue weighted by molar-refractivity contribution is 7.09. The minimum Gasteiger partial charge on any atom is -0.377 e. The second kappa shape index (κ2) is 7.05. The van der Waals surface area contributed by atoms with E-state index >= 15 is 0 Å². The monoisotopic (exact) mass is 337 g/mol. The van der Waals surface area contributed by atoms with Crippen LogP contribution in [0.5, 0.6) is 0 Å². The van der Waals surface area contributed by atoms with Crippen LogP contribution in [-0.4, -0.2) is 40.6 Å². The van der Waals surface area contributed by atoms with Gasteiger partial charge in [0, 0.05) is 43.7 Å². The van der Waals surface area contributed by atoms with E-state index in [1.807, 2.05) is 0 Å². The minimum atomic E-state index is -0.0189. The molecule has 0 atom stereocenters. The van der Waals surface area contributed by atoms with E-state index in [0.717, 1.165) is 31.1 Å². The molecule has 9 heteroatoms. The van der Waals surface area contributed by atoms with Crippen molar-refractivity contribution in [1.29, 1.82) is 0 Å². The third-order valence-electron chi connectivity index (χ3n) is 3.75. The molecular weight excluding hydrogens is 318 g/mol. The number of nitrogens with zero attached hydrogens (tertiary/aromatic N) is 4. The van der Waals surface area contributed by atoms with E-state index in [2.05, 4.69) is 24.7 Å². The molecule has 2 aromatic rings. The number of carbonyl (C=O) groups is 1. The number of carbonyl (C=O) groups excluding carboxylic acids is 1. The molecule has 1 aliphatic heterocycles. The molecule has 2 aromatic heterocycles. The molecule has 0 radical (unpaired) electrons. The maximum absolute atomic E-state index is 12.3. The first-order valence-corrected chi connectivity index (χ1v) is 8.23. The fourth-order valence-corrected chi connectivity index (χ4v) is 3.27. The minimum absolute atomic E-state index is 0.00437. The quantitative estimate of drug-likeness (QED) is 0.889. The number of methoxy groups -OCH3 is 1.